The number of ether oxygens (including phenoxy) is 1. The number of rotatable bonds is 7. The van der Waals surface area contributed by atoms with Crippen LogP contribution in [0, 0.1) is 5.92 Å². The summed E-state index contributed by atoms with van der Waals surface area (Å²) in [6.45, 7) is 2.37. The van der Waals surface area contributed by atoms with Crippen LogP contribution in [0.25, 0.3) is 11.0 Å². The Kier molecular flexibility index (Phi) is 4.97. The summed E-state index contributed by atoms with van der Waals surface area (Å²) in [6, 6.07) is 8.28. The summed E-state index contributed by atoms with van der Waals surface area (Å²) in [5.41, 5.74) is -0.247. The first-order chi connectivity index (χ1) is 14.3. The Hall–Kier alpha value is -3.36. The Labute approximate surface area is 172 Å². The average molecular weight is 413 g/mol. The third-order valence-corrected chi connectivity index (χ3v) is 5.60. The van der Waals surface area contributed by atoms with Gasteiger partial charge in [0, 0.05) is 5.39 Å². The molecule has 1 aliphatic carbocycles. The highest BCUT2D eigenvalue weighted by atomic mass is 16.5. The molecule has 0 radical (unpaired) electrons. The highest BCUT2D eigenvalue weighted by Gasteiger charge is 2.56. The molecular formula is C21H23N3O6. The zero-order valence-electron chi connectivity index (χ0n) is 16.8. The highest BCUT2D eigenvalue weighted by molar-refractivity contribution is 6.08. The summed E-state index contributed by atoms with van der Waals surface area (Å²) in [6.07, 6.45) is 1.73. The summed E-state index contributed by atoms with van der Waals surface area (Å²) in [5, 5.41) is 6.27. The van der Waals surface area contributed by atoms with Gasteiger partial charge in [-0.3, -0.25) is 19.3 Å². The number of carbonyl (C=O) groups excluding carboxylic acids is 4. The third-order valence-electron chi connectivity index (χ3n) is 5.60. The molecule has 1 saturated carbocycles. The van der Waals surface area contributed by atoms with Gasteiger partial charge in [0.2, 0.25) is 0 Å². The molecule has 2 atom stereocenters. The molecule has 2 fully saturated rings. The molecule has 0 bridgehead atoms. The predicted octanol–water partition coefficient (Wildman–Crippen LogP) is 1.87. The van der Waals surface area contributed by atoms with E-state index in [1.54, 1.807) is 13.8 Å². The lowest BCUT2D eigenvalue weighted by Gasteiger charge is -2.20. The van der Waals surface area contributed by atoms with Crippen molar-refractivity contribution >= 4 is 34.8 Å². The maximum absolute atomic E-state index is 12.5. The molecular weight excluding hydrogens is 390 g/mol. The van der Waals surface area contributed by atoms with Crippen LogP contribution < -0.4 is 10.6 Å². The Bertz CT molecular complexity index is 994. The number of imide groups is 1. The zero-order valence-corrected chi connectivity index (χ0v) is 16.8. The van der Waals surface area contributed by atoms with Crippen molar-refractivity contribution in [2.45, 2.75) is 38.3 Å². The van der Waals surface area contributed by atoms with Gasteiger partial charge < -0.3 is 19.8 Å². The predicted molar refractivity (Wildman–Crippen MR) is 105 cm³/mol. The Morgan fingerprint density at radius 3 is 2.77 bits per heavy atom. The van der Waals surface area contributed by atoms with Gasteiger partial charge >= 0.3 is 12.0 Å². The van der Waals surface area contributed by atoms with Crippen molar-refractivity contribution in [1.29, 1.82) is 0 Å². The first kappa shape index (κ1) is 19.9. The normalized spacial score (nSPS) is 22.1. The van der Waals surface area contributed by atoms with Crippen LogP contribution in [-0.4, -0.2) is 47.4 Å². The van der Waals surface area contributed by atoms with E-state index >= 15 is 0 Å². The lowest BCUT2D eigenvalue weighted by Crippen LogP contribution is -2.46. The standard InChI is InChI=1S/C21H23N3O6/c1-12(16-9-13-5-3-4-6-15(13)30-16)22-17(25)11-29-18(26)10-24-19(27)21(2,14-7-8-14)23-20(24)28/h3-6,9,12,14H,7-8,10-11H2,1-2H3,(H,22,25)(H,23,28)/t12-,21+/m1/s1. The molecule has 4 rings (SSSR count). The molecule has 2 aromatic rings. The summed E-state index contributed by atoms with van der Waals surface area (Å²) >= 11 is 0. The Morgan fingerprint density at radius 1 is 1.33 bits per heavy atom. The topological polar surface area (TPSA) is 118 Å². The fraction of sp³-hybridized carbons (Fsp3) is 0.429. The molecule has 30 heavy (non-hydrogen) atoms. The van der Waals surface area contributed by atoms with Crippen molar-refractivity contribution in [2.24, 2.45) is 5.92 Å². The SMILES string of the molecule is C[C@@H](NC(=O)COC(=O)CN1C(=O)N[C@@](C)(C2CC2)C1=O)c1cc2ccccc2o1. The van der Waals surface area contributed by atoms with E-state index in [-0.39, 0.29) is 5.92 Å². The van der Waals surface area contributed by atoms with Crippen LogP contribution >= 0.6 is 0 Å². The minimum absolute atomic E-state index is 0.0977. The summed E-state index contributed by atoms with van der Waals surface area (Å²) < 4.78 is 10.6. The van der Waals surface area contributed by atoms with Crippen molar-refractivity contribution in [1.82, 2.24) is 15.5 Å². The molecule has 0 spiro atoms. The largest absolute Gasteiger partial charge is 0.459 e. The van der Waals surface area contributed by atoms with Crippen LogP contribution in [-0.2, 0) is 19.1 Å². The molecule has 1 aliphatic heterocycles. The van der Waals surface area contributed by atoms with Crippen LogP contribution in [0.2, 0.25) is 0 Å². The van der Waals surface area contributed by atoms with E-state index in [0.29, 0.717) is 11.3 Å². The van der Waals surface area contributed by atoms with Crippen molar-refractivity contribution < 1.29 is 28.3 Å². The van der Waals surface area contributed by atoms with E-state index in [2.05, 4.69) is 10.6 Å². The van der Waals surface area contributed by atoms with Gasteiger partial charge in [-0.1, -0.05) is 18.2 Å². The van der Waals surface area contributed by atoms with E-state index in [1.807, 2.05) is 30.3 Å². The minimum Gasteiger partial charge on any atom is -0.459 e. The molecule has 2 aliphatic rings. The van der Waals surface area contributed by atoms with E-state index in [9.17, 15) is 19.2 Å². The highest BCUT2D eigenvalue weighted by Crippen LogP contribution is 2.42. The van der Waals surface area contributed by atoms with Crippen LogP contribution in [0.15, 0.2) is 34.7 Å². The molecule has 1 aromatic carbocycles. The summed E-state index contributed by atoms with van der Waals surface area (Å²) in [7, 11) is 0. The van der Waals surface area contributed by atoms with E-state index < -0.39 is 48.5 Å². The molecule has 2 heterocycles. The van der Waals surface area contributed by atoms with Crippen LogP contribution in [0.1, 0.15) is 38.5 Å². The van der Waals surface area contributed by atoms with Gasteiger partial charge in [0.05, 0.1) is 6.04 Å². The van der Waals surface area contributed by atoms with Gasteiger partial charge in [-0.15, -0.1) is 0 Å². The smallest absolute Gasteiger partial charge is 0.326 e. The molecule has 2 N–H and O–H groups in total. The van der Waals surface area contributed by atoms with Crippen LogP contribution in [0.3, 0.4) is 0 Å². The zero-order chi connectivity index (χ0) is 21.5. The van der Waals surface area contributed by atoms with Crippen molar-refractivity contribution in [3.05, 3.63) is 36.1 Å². The molecule has 158 valence electrons. The van der Waals surface area contributed by atoms with E-state index in [4.69, 9.17) is 9.15 Å². The number of benzene rings is 1. The van der Waals surface area contributed by atoms with E-state index in [0.717, 1.165) is 23.1 Å². The van der Waals surface area contributed by atoms with Crippen LogP contribution in [0.4, 0.5) is 4.79 Å². The number of carbonyl (C=O) groups is 4. The Morgan fingerprint density at radius 2 is 2.07 bits per heavy atom. The van der Waals surface area contributed by atoms with E-state index in [1.165, 1.54) is 0 Å². The number of esters is 1. The Balaban J connectivity index is 1.27. The van der Waals surface area contributed by atoms with Gasteiger partial charge in [0.15, 0.2) is 6.61 Å². The maximum Gasteiger partial charge on any atom is 0.326 e. The first-order valence-electron chi connectivity index (χ1n) is 9.85. The number of fused-ring (bicyclic) bond motifs is 1. The van der Waals surface area contributed by atoms with Gasteiger partial charge in [-0.25, -0.2) is 4.79 Å². The number of para-hydroxylation sites is 1. The second-order valence-corrected chi connectivity index (χ2v) is 7.93. The van der Waals surface area contributed by atoms with Gasteiger partial charge in [-0.05, 0) is 44.7 Å². The number of nitrogens with zero attached hydrogens (tertiary/aromatic N) is 1. The average Bonchev–Trinajstić information content (AvgIpc) is 3.44. The van der Waals surface area contributed by atoms with Gasteiger partial charge in [-0.2, -0.15) is 0 Å². The summed E-state index contributed by atoms with van der Waals surface area (Å²) in [4.78, 5) is 49.6. The molecule has 4 amide bonds. The number of furan rings is 1. The lowest BCUT2D eigenvalue weighted by molar-refractivity contribution is -0.151. The maximum atomic E-state index is 12.5. The quantitative estimate of drug-likeness (QED) is 0.529. The fourth-order valence-corrected chi connectivity index (χ4v) is 3.69. The summed E-state index contributed by atoms with van der Waals surface area (Å²) in [5.74, 6) is -1.11. The second kappa shape index (κ2) is 7.47. The van der Waals surface area contributed by atoms with Crippen molar-refractivity contribution in [3.63, 3.8) is 0 Å². The number of hydrogen-bond donors (Lipinski definition) is 2. The number of hydrogen-bond acceptors (Lipinski definition) is 6. The number of urea groups is 1. The second-order valence-electron chi connectivity index (χ2n) is 7.93. The van der Waals surface area contributed by atoms with Gasteiger partial charge in [0.1, 0.15) is 23.4 Å². The van der Waals surface area contributed by atoms with Crippen LogP contribution in [0.5, 0.6) is 0 Å². The van der Waals surface area contributed by atoms with Gasteiger partial charge in [0.25, 0.3) is 11.8 Å². The monoisotopic (exact) mass is 413 g/mol. The fourth-order valence-electron chi connectivity index (χ4n) is 3.69. The molecule has 0 unspecified atom stereocenters. The number of nitrogens with one attached hydrogen (secondary N) is 2. The first-order valence-corrected chi connectivity index (χ1v) is 9.85. The molecule has 9 heteroatoms. The minimum atomic E-state index is -0.962. The third kappa shape index (κ3) is 3.74. The van der Waals surface area contributed by atoms with Crippen molar-refractivity contribution in [2.75, 3.05) is 13.2 Å². The molecule has 1 saturated heterocycles. The number of amides is 4. The molecule has 1 aromatic heterocycles. The van der Waals surface area contributed by atoms with Crippen molar-refractivity contribution in [3.8, 4) is 0 Å². The molecule has 9 nitrogen and oxygen atoms in total. The lowest BCUT2D eigenvalue weighted by atomic mass is 9.96.